The Kier molecular flexibility index (Phi) is 4.46. The fourth-order valence-corrected chi connectivity index (χ4v) is 3.32. The molecule has 0 heterocycles. The molecule has 0 amide bonds. The van der Waals surface area contributed by atoms with Crippen molar-refractivity contribution in [3.05, 3.63) is 58.9 Å². The van der Waals surface area contributed by atoms with Crippen LogP contribution in [-0.4, -0.2) is 13.4 Å². The van der Waals surface area contributed by atoms with Crippen LogP contribution in [0.15, 0.2) is 47.4 Å². The second kappa shape index (κ2) is 5.97. The number of halogens is 2. The van der Waals surface area contributed by atoms with E-state index in [4.69, 9.17) is 29.6 Å². The smallest absolute Gasteiger partial charge is 0.263 e. The number of hydrogen-bond acceptors (Lipinski definition) is 3. The first-order chi connectivity index (χ1) is 9.79. The Morgan fingerprint density at radius 2 is 1.95 bits per heavy atom. The zero-order chi connectivity index (χ0) is 15.6. The highest BCUT2D eigenvalue weighted by atomic mass is 35.5. The lowest BCUT2D eigenvalue weighted by molar-refractivity contribution is 0.595. The minimum atomic E-state index is -4.01. The molecule has 0 fully saturated rings. The van der Waals surface area contributed by atoms with Gasteiger partial charge in [0, 0.05) is 11.3 Å². The summed E-state index contributed by atoms with van der Waals surface area (Å²) in [5, 5.41) is -0.0746. The van der Waals surface area contributed by atoms with Gasteiger partial charge in [-0.3, -0.25) is 4.72 Å². The van der Waals surface area contributed by atoms with Gasteiger partial charge in [-0.05, 0) is 30.3 Å². The van der Waals surface area contributed by atoms with Gasteiger partial charge in [0.05, 0.1) is 5.02 Å². The first-order valence-electron chi connectivity index (χ1n) is 5.67. The Labute approximate surface area is 131 Å². The van der Waals surface area contributed by atoms with Crippen molar-refractivity contribution in [1.82, 2.24) is 0 Å². The summed E-state index contributed by atoms with van der Waals surface area (Å²) < 4.78 is 40.0. The van der Waals surface area contributed by atoms with Crippen LogP contribution in [0, 0.1) is 5.82 Å². The van der Waals surface area contributed by atoms with Crippen molar-refractivity contribution in [3.8, 4) is 0 Å². The molecule has 0 aliphatic carbocycles. The molecular formula is C13H10ClFN2O2S2. The average Bonchev–Trinajstić information content (AvgIpc) is 2.41. The number of sulfonamides is 1. The second-order valence-corrected chi connectivity index (χ2v) is 6.62. The van der Waals surface area contributed by atoms with Crippen molar-refractivity contribution in [2.75, 3.05) is 4.72 Å². The standard InChI is InChI=1S/C13H10ClFN2O2S2/c14-11-5-4-9(15)7-12(11)21(18,19)17-10-3-1-2-8(6-10)13(16)20/h1-7,17H,(H2,16,20). The van der Waals surface area contributed by atoms with Gasteiger partial charge in [0.1, 0.15) is 15.7 Å². The van der Waals surface area contributed by atoms with E-state index in [9.17, 15) is 12.8 Å². The minimum Gasteiger partial charge on any atom is -0.389 e. The summed E-state index contributed by atoms with van der Waals surface area (Å²) in [7, 11) is -4.01. The highest BCUT2D eigenvalue weighted by Gasteiger charge is 2.19. The number of nitrogens with two attached hydrogens (primary N) is 1. The van der Waals surface area contributed by atoms with Crippen LogP contribution in [0.5, 0.6) is 0 Å². The number of benzene rings is 2. The summed E-state index contributed by atoms with van der Waals surface area (Å²) in [4.78, 5) is -0.204. The third-order valence-corrected chi connectivity index (χ3v) is 4.68. The Morgan fingerprint density at radius 1 is 1.24 bits per heavy atom. The molecule has 0 saturated carbocycles. The Bertz CT molecular complexity index is 810. The third-order valence-electron chi connectivity index (χ3n) is 2.58. The van der Waals surface area contributed by atoms with Gasteiger partial charge in [0.15, 0.2) is 0 Å². The van der Waals surface area contributed by atoms with Crippen LogP contribution in [0.1, 0.15) is 5.56 Å². The summed E-state index contributed by atoms with van der Waals surface area (Å²) in [5.74, 6) is -0.698. The number of hydrogen-bond donors (Lipinski definition) is 2. The van der Waals surface area contributed by atoms with Crippen LogP contribution in [0.2, 0.25) is 5.02 Å². The first-order valence-corrected chi connectivity index (χ1v) is 7.94. The fraction of sp³-hybridized carbons (Fsp3) is 0. The topological polar surface area (TPSA) is 72.2 Å². The van der Waals surface area contributed by atoms with E-state index in [0.717, 1.165) is 12.1 Å². The summed E-state index contributed by atoms with van der Waals surface area (Å²) in [5.41, 5.74) is 6.25. The van der Waals surface area contributed by atoms with Gasteiger partial charge in [-0.1, -0.05) is 36.0 Å². The number of nitrogens with one attached hydrogen (secondary N) is 1. The van der Waals surface area contributed by atoms with Gasteiger partial charge in [-0.15, -0.1) is 0 Å². The molecule has 0 unspecified atom stereocenters. The molecule has 21 heavy (non-hydrogen) atoms. The molecule has 0 aliphatic rings. The molecule has 8 heteroatoms. The maximum atomic E-state index is 13.2. The second-order valence-electron chi connectivity index (χ2n) is 4.13. The molecule has 2 aromatic carbocycles. The van der Waals surface area contributed by atoms with Crippen molar-refractivity contribution in [1.29, 1.82) is 0 Å². The van der Waals surface area contributed by atoms with Gasteiger partial charge in [-0.2, -0.15) is 0 Å². The summed E-state index contributed by atoms with van der Waals surface area (Å²) in [6.07, 6.45) is 0. The normalized spacial score (nSPS) is 11.1. The predicted molar refractivity (Wildman–Crippen MR) is 84.5 cm³/mol. The molecule has 0 aromatic heterocycles. The van der Waals surface area contributed by atoms with Gasteiger partial charge >= 0.3 is 0 Å². The zero-order valence-electron chi connectivity index (χ0n) is 10.5. The maximum absolute atomic E-state index is 13.2. The molecule has 0 radical (unpaired) electrons. The van der Waals surface area contributed by atoms with E-state index >= 15 is 0 Å². The molecule has 0 atom stereocenters. The summed E-state index contributed by atoms with van der Waals surface area (Å²) >= 11 is 10.6. The van der Waals surface area contributed by atoms with Crippen molar-refractivity contribution >= 4 is 44.5 Å². The van der Waals surface area contributed by atoms with Crippen LogP contribution in [-0.2, 0) is 10.0 Å². The van der Waals surface area contributed by atoms with Crippen LogP contribution in [0.4, 0.5) is 10.1 Å². The summed E-state index contributed by atoms with van der Waals surface area (Å²) in [6, 6.07) is 9.35. The zero-order valence-corrected chi connectivity index (χ0v) is 12.9. The molecule has 3 N–H and O–H groups in total. The van der Waals surface area contributed by atoms with Crippen molar-refractivity contribution in [2.45, 2.75) is 4.90 Å². The molecule has 2 aromatic rings. The first kappa shape index (κ1) is 15.7. The van der Waals surface area contributed by atoms with E-state index in [1.54, 1.807) is 12.1 Å². The van der Waals surface area contributed by atoms with Crippen LogP contribution < -0.4 is 10.5 Å². The van der Waals surface area contributed by atoms with E-state index in [1.165, 1.54) is 18.2 Å². The van der Waals surface area contributed by atoms with Gasteiger partial charge in [0.25, 0.3) is 10.0 Å². The monoisotopic (exact) mass is 344 g/mol. The van der Waals surface area contributed by atoms with E-state index < -0.39 is 15.8 Å². The van der Waals surface area contributed by atoms with Crippen LogP contribution in [0.3, 0.4) is 0 Å². The molecule has 4 nitrogen and oxygen atoms in total. The van der Waals surface area contributed by atoms with Gasteiger partial charge < -0.3 is 5.73 Å². The molecular weight excluding hydrogens is 335 g/mol. The average molecular weight is 345 g/mol. The highest BCUT2D eigenvalue weighted by Crippen LogP contribution is 2.24. The van der Waals surface area contributed by atoms with Crippen LogP contribution in [0.25, 0.3) is 0 Å². The van der Waals surface area contributed by atoms with E-state index in [2.05, 4.69) is 4.72 Å². The number of thiocarbonyl (C=S) groups is 1. The quantitative estimate of drug-likeness (QED) is 0.836. The van der Waals surface area contributed by atoms with Gasteiger partial charge in [-0.25, -0.2) is 12.8 Å². The number of rotatable bonds is 4. The maximum Gasteiger partial charge on any atom is 0.263 e. The SMILES string of the molecule is NC(=S)c1cccc(NS(=O)(=O)c2cc(F)ccc2Cl)c1. The van der Waals surface area contributed by atoms with Crippen molar-refractivity contribution < 1.29 is 12.8 Å². The number of anilines is 1. The minimum absolute atomic E-state index is 0.0746. The van der Waals surface area contributed by atoms with Crippen LogP contribution >= 0.6 is 23.8 Å². The molecule has 0 spiro atoms. The molecule has 2 rings (SSSR count). The predicted octanol–water partition coefficient (Wildman–Crippen LogP) is 2.91. The molecule has 0 aliphatic heterocycles. The lowest BCUT2D eigenvalue weighted by Gasteiger charge is -2.10. The Balaban J connectivity index is 2.40. The lowest BCUT2D eigenvalue weighted by Crippen LogP contribution is -2.15. The largest absolute Gasteiger partial charge is 0.389 e. The fourth-order valence-electron chi connectivity index (χ4n) is 1.63. The molecule has 0 saturated heterocycles. The Morgan fingerprint density at radius 3 is 2.62 bits per heavy atom. The molecule has 110 valence electrons. The molecule has 0 bridgehead atoms. The van der Waals surface area contributed by atoms with E-state index in [-0.39, 0.29) is 20.6 Å². The van der Waals surface area contributed by atoms with Crippen molar-refractivity contribution in [3.63, 3.8) is 0 Å². The third kappa shape index (κ3) is 3.69. The van der Waals surface area contributed by atoms with Gasteiger partial charge in [0.2, 0.25) is 0 Å². The van der Waals surface area contributed by atoms with E-state index in [1.807, 2.05) is 0 Å². The van der Waals surface area contributed by atoms with E-state index in [0.29, 0.717) is 5.56 Å². The highest BCUT2D eigenvalue weighted by molar-refractivity contribution is 7.92. The lowest BCUT2D eigenvalue weighted by atomic mass is 10.2. The summed E-state index contributed by atoms with van der Waals surface area (Å²) in [6.45, 7) is 0. The van der Waals surface area contributed by atoms with Crippen molar-refractivity contribution in [2.24, 2.45) is 5.73 Å². The Hall–Kier alpha value is -1.70.